The molecule has 0 aliphatic heterocycles. The van der Waals surface area contributed by atoms with E-state index >= 15 is 0 Å². The van der Waals surface area contributed by atoms with Gasteiger partial charge >= 0.3 is 0 Å². The minimum absolute atomic E-state index is 0.153. The lowest BCUT2D eigenvalue weighted by Gasteiger charge is -2.18. The van der Waals surface area contributed by atoms with Crippen molar-refractivity contribution in [1.82, 2.24) is 20.4 Å². The van der Waals surface area contributed by atoms with E-state index in [1.54, 1.807) is 36.2 Å². The van der Waals surface area contributed by atoms with Crippen LogP contribution in [0.2, 0.25) is 0 Å². The van der Waals surface area contributed by atoms with Gasteiger partial charge in [-0.1, -0.05) is 12.1 Å². The number of amides is 2. The first-order valence-corrected chi connectivity index (χ1v) is 10.6. The van der Waals surface area contributed by atoms with Crippen molar-refractivity contribution in [1.29, 1.82) is 0 Å². The molecule has 0 unspecified atom stereocenters. The zero-order valence-corrected chi connectivity index (χ0v) is 17.1. The number of nitrogens with zero attached hydrogens (tertiary/aromatic N) is 2. The van der Waals surface area contributed by atoms with Crippen LogP contribution in [0.4, 0.5) is 0 Å². The average molecular weight is 439 g/mol. The second-order valence-electron chi connectivity index (χ2n) is 5.70. The Labute approximate surface area is 166 Å². The van der Waals surface area contributed by atoms with Gasteiger partial charge < -0.3 is 10.6 Å². The number of benzene rings is 1. The van der Waals surface area contributed by atoms with Gasteiger partial charge in [-0.25, -0.2) is 0 Å². The Morgan fingerprint density at radius 3 is 2.81 bits per heavy atom. The Kier molecular flexibility index (Phi) is 8.70. The highest BCUT2D eigenvalue weighted by atomic mass is 79.9. The second-order valence-corrected chi connectivity index (χ2v) is 7.54. The van der Waals surface area contributed by atoms with Crippen LogP contribution in [0.1, 0.15) is 23.2 Å². The van der Waals surface area contributed by atoms with Crippen LogP contribution in [0, 0.1) is 0 Å². The van der Waals surface area contributed by atoms with Crippen molar-refractivity contribution in [2.75, 3.05) is 18.6 Å². The van der Waals surface area contributed by atoms with Crippen molar-refractivity contribution in [3.8, 4) is 0 Å². The molecule has 6 nitrogen and oxygen atoms in total. The molecule has 2 N–H and O–H groups in total. The quantitative estimate of drug-likeness (QED) is 0.559. The number of aromatic nitrogens is 2. The van der Waals surface area contributed by atoms with E-state index in [4.69, 9.17) is 0 Å². The second kappa shape index (κ2) is 11.0. The molecule has 0 saturated heterocycles. The highest BCUT2D eigenvalue weighted by Gasteiger charge is 2.21. The normalized spacial score (nSPS) is 11.8. The Morgan fingerprint density at radius 2 is 2.12 bits per heavy atom. The van der Waals surface area contributed by atoms with Crippen LogP contribution in [0.25, 0.3) is 0 Å². The first kappa shape index (κ1) is 20.5. The fraction of sp³-hybridized carbons (Fsp3) is 0.389. The van der Waals surface area contributed by atoms with Crippen LogP contribution < -0.4 is 10.6 Å². The first-order valence-electron chi connectivity index (χ1n) is 8.41. The molecule has 0 aliphatic carbocycles. The van der Waals surface area contributed by atoms with Crippen LogP contribution in [-0.2, 0) is 11.3 Å². The fourth-order valence-electron chi connectivity index (χ4n) is 2.39. The number of aryl methyl sites for hydroxylation is 1. The maximum atomic E-state index is 12.5. The third kappa shape index (κ3) is 6.49. The lowest BCUT2D eigenvalue weighted by atomic mass is 10.1. The summed E-state index contributed by atoms with van der Waals surface area (Å²) in [5, 5.41) is 9.89. The van der Waals surface area contributed by atoms with Gasteiger partial charge in [0.25, 0.3) is 5.91 Å². The summed E-state index contributed by atoms with van der Waals surface area (Å²) < 4.78 is 2.53. The molecule has 0 aliphatic rings. The lowest BCUT2D eigenvalue weighted by molar-refractivity contribution is -0.123. The number of thioether (sulfide) groups is 1. The third-order valence-corrected chi connectivity index (χ3v) is 5.11. The smallest absolute Gasteiger partial charge is 0.253 e. The summed E-state index contributed by atoms with van der Waals surface area (Å²) in [6.45, 7) is 1.28. The van der Waals surface area contributed by atoms with Gasteiger partial charge in [-0.15, -0.1) is 0 Å². The van der Waals surface area contributed by atoms with Gasteiger partial charge in [-0.2, -0.15) is 16.9 Å². The zero-order chi connectivity index (χ0) is 18.8. The molecule has 0 saturated carbocycles. The van der Waals surface area contributed by atoms with Gasteiger partial charge in [0.05, 0.1) is 5.56 Å². The van der Waals surface area contributed by atoms with E-state index in [2.05, 4.69) is 31.7 Å². The van der Waals surface area contributed by atoms with Gasteiger partial charge in [0.1, 0.15) is 6.04 Å². The molecule has 0 spiro atoms. The van der Waals surface area contributed by atoms with Crippen molar-refractivity contribution in [2.24, 2.45) is 0 Å². The van der Waals surface area contributed by atoms with Crippen molar-refractivity contribution in [3.63, 3.8) is 0 Å². The average Bonchev–Trinajstić information content (AvgIpc) is 3.15. The summed E-state index contributed by atoms with van der Waals surface area (Å²) in [5.74, 6) is 0.386. The summed E-state index contributed by atoms with van der Waals surface area (Å²) in [4.78, 5) is 25.0. The number of hydrogen-bond donors (Lipinski definition) is 2. The molecule has 2 rings (SSSR count). The van der Waals surface area contributed by atoms with E-state index in [0.717, 1.165) is 18.7 Å². The van der Waals surface area contributed by atoms with Crippen LogP contribution in [0.3, 0.4) is 0 Å². The van der Waals surface area contributed by atoms with E-state index in [-0.39, 0.29) is 11.8 Å². The number of hydrogen-bond acceptors (Lipinski definition) is 4. The first-order chi connectivity index (χ1) is 12.6. The van der Waals surface area contributed by atoms with E-state index < -0.39 is 6.04 Å². The van der Waals surface area contributed by atoms with Crippen LogP contribution in [0.5, 0.6) is 0 Å². The summed E-state index contributed by atoms with van der Waals surface area (Å²) in [6.07, 6.45) is 6.97. The Bertz CT molecular complexity index is 709. The van der Waals surface area contributed by atoms with Crippen molar-refractivity contribution >= 4 is 39.5 Å². The molecule has 0 fully saturated rings. The number of nitrogens with one attached hydrogen (secondary N) is 2. The molecule has 26 heavy (non-hydrogen) atoms. The molecule has 1 heterocycles. The van der Waals surface area contributed by atoms with Crippen molar-refractivity contribution < 1.29 is 9.59 Å². The molecule has 2 aromatic rings. The predicted molar refractivity (Wildman–Crippen MR) is 108 cm³/mol. The van der Waals surface area contributed by atoms with Gasteiger partial charge in [0.15, 0.2) is 0 Å². The summed E-state index contributed by atoms with van der Waals surface area (Å²) in [6, 6.07) is 8.50. The monoisotopic (exact) mass is 438 g/mol. The van der Waals surface area contributed by atoms with Gasteiger partial charge in [0.2, 0.25) is 5.91 Å². The maximum Gasteiger partial charge on any atom is 0.253 e. The van der Waals surface area contributed by atoms with E-state index in [9.17, 15) is 9.59 Å². The van der Waals surface area contributed by atoms with Crippen LogP contribution >= 0.6 is 27.7 Å². The molecule has 140 valence electrons. The number of rotatable bonds is 10. The molecule has 1 aromatic carbocycles. The number of carbonyl (C=O) groups is 2. The standard InChI is InChI=1S/C18H23BrN4O2S/c1-26-13-8-16(22-17(24)14-6-2-3-7-15(14)19)18(25)20-9-4-11-23-12-5-10-21-23/h2-3,5-7,10,12,16H,4,8-9,11,13H2,1H3,(H,20,25)(H,22,24)/t16-/m0/s1. The van der Waals surface area contributed by atoms with Crippen molar-refractivity contribution in [3.05, 3.63) is 52.8 Å². The minimum atomic E-state index is -0.549. The van der Waals surface area contributed by atoms with Gasteiger partial charge in [-0.3, -0.25) is 14.3 Å². The molecule has 0 radical (unpaired) electrons. The molecular weight excluding hydrogens is 416 g/mol. The van der Waals surface area contributed by atoms with Gasteiger partial charge in [0, 0.05) is 30.0 Å². The lowest BCUT2D eigenvalue weighted by Crippen LogP contribution is -2.47. The topological polar surface area (TPSA) is 76.0 Å². The Morgan fingerprint density at radius 1 is 1.31 bits per heavy atom. The van der Waals surface area contributed by atoms with E-state index in [0.29, 0.717) is 23.0 Å². The molecule has 1 atom stereocenters. The predicted octanol–water partition coefficient (Wildman–Crippen LogP) is 2.70. The molecule has 2 amide bonds. The molecule has 8 heteroatoms. The minimum Gasteiger partial charge on any atom is -0.354 e. The van der Waals surface area contributed by atoms with E-state index in [1.807, 2.05) is 29.3 Å². The number of halogens is 1. The maximum absolute atomic E-state index is 12.5. The van der Waals surface area contributed by atoms with Gasteiger partial charge in [-0.05, 0) is 59.0 Å². The summed E-state index contributed by atoms with van der Waals surface area (Å²) in [7, 11) is 0. The zero-order valence-electron chi connectivity index (χ0n) is 14.7. The molecule has 1 aromatic heterocycles. The van der Waals surface area contributed by atoms with Crippen LogP contribution in [-0.4, -0.2) is 46.2 Å². The van der Waals surface area contributed by atoms with Crippen LogP contribution in [0.15, 0.2) is 47.2 Å². The Balaban J connectivity index is 1.87. The number of carbonyl (C=O) groups excluding carboxylic acids is 2. The van der Waals surface area contributed by atoms with E-state index in [1.165, 1.54) is 0 Å². The summed E-state index contributed by atoms with van der Waals surface area (Å²) >= 11 is 5.02. The summed E-state index contributed by atoms with van der Waals surface area (Å²) in [5.41, 5.74) is 0.521. The van der Waals surface area contributed by atoms with Crippen molar-refractivity contribution in [2.45, 2.75) is 25.4 Å². The Hall–Kier alpha value is -1.80. The highest BCUT2D eigenvalue weighted by Crippen LogP contribution is 2.16. The molecule has 0 bridgehead atoms. The molecular formula is C18H23BrN4O2S. The highest BCUT2D eigenvalue weighted by molar-refractivity contribution is 9.10. The third-order valence-electron chi connectivity index (χ3n) is 3.77. The SMILES string of the molecule is CSCC[C@H](NC(=O)c1ccccc1Br)C(=O)NCCCn1cccn1. The largest absolute Gasteiger partial charge is 0.354 e. The fourth-order valence-corrected chi connectivity index (χ4v) is 3.33.